The summed E-state index contributed by atoms with van der Waals surface area (Å²) in [5, 5.41) is 3.37. The van der Waals surface area contributed by atoms with E-state index in [1.54, 1.807) is 17.4 Å². The first-order valence-corrected chi connectivity index (χ1v) is 7.87. The molecule has 4 heteroatoms. The Morgan fingerprint density at radius 3 is 3.05 bits per heavy atom. The molecule has 0 spiro atoms. The third kappa shape index (κ3) is 2.49. The number of nitrogens with zero attached hydrogens (tertiary/aromatic N) is 1. The van der Waals surface area contributed by atoms with Crippen molar-refractivity contribution in [2.45, 2.75) is 19.8 Å². The van der Waals surface area contributed by atoms with E-state index >= 15 is 0 Å². The SMILES string of the molecule is CC1CCCN(c2csc3ccc(Cl)cc3c2=O)C1. The largest absolute Gasteiger partial charge is 0.367 e. The molecule has 0 amide bonds. The highest BCUT2D eigenvalue weighted by Gasteiger charge is 2.19. The fourth-order valence-corrected chi connectivity index (χ4v) is 3.81. The first-order valence-electron chi connectivity index (χ1n) is 6.61. The lowest BCUT2D eigenvalue weighted by atomic mass is 10.00. The van der Waals surface area contributed by atoms with Crippen LogP contribution in [0.2, 0.25) is 5.02 Å². The van der Waals surface area contributed by atoms with E-state index in [1.807, 2.05) is 17.5 Å². The average molecular weight is 294 g/mol. The van der Waals surface area contributed by atoms with Gasteiger partial charge in [-0.1, -0.05) is 18.5 Å². The van der Waals surface area contributed by atoms with Gasteiger partial charge in [0.25, 0.3) is 0 Å². The van der Waals surface area contributed by atoms with E-state index in [0.29, 0.717) is 10.9 Å². The van der Waals surface area contributed by atoms with Crippen LogP contribution in [-0.2, 0) is 0 Å². The highest BCUT2D eigenvalue weighted by Crippen LogP contribution is 2.26. The summed E-state index contributed by atoms with van der Waals surface area (Å²) in [5.74, 6) is 0.660. The number of hydrogen-bond acceptors (Lipinski definition) is 3. The van der Waals surface area contributed by atoms with Gasteiger partial charge in [0, 0.05) is 33.6 Å². The van der Waals surface area contributed by atoms with Crippen molar-refractivity contribution in [1.29, 1.82) is 0 Å². The van der Waals surface area contributed by atoms with Crippen LogP contribution < -0.4 is 10.3 Å². The first kappa shape index (κ1) is 12.9. The molecule has 3 rings (SSSR count). The molecule has 1 aliphatic rings. The Labute approximate surface area is 121 Å². The number of benzene rings is 1. The Morgan fingerprint density at radius 1 is 1.42 bits per heavy atom. The number of piperidine rings is 1. The lowest BCUT2D eigenvalue weighted by molar-refractivity contribution is 0.446. The van der Waals surface area contributed by atoms with Gasteiger partial charge in [0.05, 0.1) is 5.69 Å². The predicted octanol–water partition coefficient (Wildman–Crippen LogP) is 4.15. The molecule has 1 aromatic carbocycles. The Morgan fingerprint density at radius 2 is 2.26 bits per heavy atom. The Hall–Kier alpha value is -1.06. The molecule has 0 aliphatic carbocycles. The standard InChI is InChI=1S/C15H16ClNOS/c1-10-3-2-6-17(8-10)13-9-19-14-5-4-11(16)7-12(14)15(13)18/h4-5,7,9-10H,2-3,6,8H2,1H3. The molecule has 1 atom stereocenters. The maximum Gasteiger partial charge on any atom is 0.211 e. The summed E-state index contributed by atoms with van der Waals surface area (Å²) in [4.78, 5) is 14.8. The van der Waals surface area contributed by atoms with Gasteiger partial charge in [-0.2, -0.15) is 0 Å². The van der Waals surface area contributed by atoms with Gasteiger partial charge in [0.15, 0.2) is 0 Å². The molecule has 0 bridgehead atoms. The molecule has 0 N–H and O–H groups in total. The fraction of sp³-hybridized carbons (Fsp3) is 0.400. The van der Waals surface area contributed by atoms with Crippen molar-refractivity contribution in [3.63, 3.8) is 0 Å². The van der Waals surface area contributed by atoms with Gasteiger partial charge in [-0.15, -0.1) is 11.3 Å². The summed E-state index contributed by atoms with van der Waals surface area (Å²) >= 11 is 7.63. The summed E-state index contributed by atoms with van der Waals surface area (Å²) in [6.07, 6.45) is 2.42. The highest BCUT2D eigenvalue weighted by molar-refractivity contribution is 7.16. The molecule has 1 fully saturated rings. The lowest BCUT2D eigenvalue weighted by Crippen LogP contribution is -2.36. The van der Waals surface area contributed by atoms with Gasteiger partial charge in [-0.05, 0) is 37.0 Å². The fourth-order valence-electron chi connectivity index (χ4n) is 2.72. The topological polar surface area (TPSA) is 20.3 Å². The maximum absolute atomic E-state index is 12.6. The Balaban J connectivity index is 2.09. The minimum Gasteiger partial charge on any atom is -0.367 e. The van der Waals surface area contributed by atoms with E-state index < -0.39 is 0 Å². The molecular formula is C15H16ClNOS. The quantitative estimate of drug-likeness (QED) is 0.787. The summed E-state index contributed by atoms with van der Waals surface area (Å²) in [5.41, 5.74) is 0.955. The van der Waals surface area contributed by atoms with Crippen LogP contribution in [0.3, 0.4) is 0 Å². The van der Waals surface area contributed by atoms with Crippen molar-refractivity contribution in [3.8, 4) is 0 Å². The van der Waals surface area contributed by atoms with Crippen LogP contribution in [0.15, 0.2) is 28.4 Å². The van der Waals surface area contributed by atoms with Crippen molar-refractivity contribution in [3.05, 3.63) is 38.8 Å². The zero-order valence-corrected chi connectivity index (χ0v) is 12.4. The van der Waals surface area contributed by atoms with Gasteiger partial charge in [-0.3, -0.25) is 4.79 Å². The van der Waals surface area contributed by atoms with Gasteiger partial charge in [0.2, 0.25) is 5.43 Å². The highest BCUT2D eigenvalue weighted by atomic mass is 35.5. The summed E-state index contributed by atoms with van der Waals surface area (Å²) < 4.78 is 1.00. The van der Waals surface area contributed by atoms with Crippen molar-refractivity contribution in [1.82, 2.24) is 0 Å². The van der Waals surface area contributed by atoms with Crippen LogP contribution >= 0.6 is 22.9 Å². The molecule has 2 aromatic rings. The second-order valence-corrected chi connectivity index (χ2v) is 6.63. The lowest BCUT2D eigenvalue weighted by Gasteiger charge is -2.32. The minimum atomic E-state index is 0.116. The van der Waals surface area contributed by atoms with E-state index in [1.165, 1.54) is 12.8 Å². The van der Waals surface area contributed by atoms with Crippen molar-refractivity contribution < 1.29 is 0 Å². The predicted molar refractivity (Wildman–Crippen MR) is 83.7 cm³/mol. The van der Waals surface area contributed by atoms with Gasteiger partial charge in [0.1, 0.15) is 0 Å². The van der Waals surface area contributed by atoms with Crippen LogP contribution in [-0.4, -0.2) is 13.1 Å². The third-order valence-corrected chi connectivity index (χ3v) is 4.90. The number of rotatable bonds is 1. The molecule has 1 aliphatic heterocycles. The van der Waals surface area contributed by atoms with Crippen molar-refractivity contribution in [2.75, 3.05) is 18.0 Å². The van der Waals surface area contributed by atoms with Crippen LogP contribution in [0.25, 0.3) is 10.1 Å². The number of hydrogen-bond donors (Lipinski definition) is 0. The first-order chi connectivity index (χ1) is 9.15. The monoisotopic (exact) mass is 293 g/mol. The molecule has 2 heterocycles. The van der Waals surface area contributed by atoms with E-state index in [9.17, 15) is 4.79 Å². The van der Waals surface area contributed by atoms with Crippen LogP contribution in [0.1, 0.15) is 19.8 Å². The average Bonchev–Trinajstić information content (AvgIpc) is 2.40. The molecule has 1 saturated heterocycles. The molecule has 0 radical (unpaired) electrons. The van der Waals surface area contributed by atoms with E-state index in [2.05, 4.69) is 11.8 Å². The summed E-state index contributed by atoms with van der Waals surface area (Å²) in [6.45, 7) is 4.21. The molecule has 0 saturated carbocycles. The minimum absolute atomic E-state index is 0.116. The van der Waals surface area contributed by atoms with Crippen molar-refractivity contribution >= 4 is 38.7 Å². The molecule has 1 aromatic heterocycles. The van der Waals surface area contributed by atoms with E-state index in [4.69, 9.17) is 11.6 Å². The normalized spacial score (nSPS) is 19.9. The van der Waals surface area contributed by atoms with Gasteiger partial charge >= 0.3 is 0 Å². The van der Waals surface area contributed by atoms with Crippen LogP contribution in [0.4, 0.5) is 5.69 Å². The zero-order valence-electron chi connectivity index (χ0n) is 10.9. The number of anilines is 1. The van der Waals surface area contributed by atoms with Crippen molar-refractivity contribution in [2.24, 2.45) is 5.92 Å². The number of halogens is 1. The molecule has 100 valence electrons. The molecule has 19 heavy (non-hydrogen) atoms. The van der Waals surface area contributed by atoms with E-state index in [-0.39, 0.29) is 5.43 Å². The van der Waals surface area contributed by atoms with Crippen LogP contribution in [0.5, 0.6) is 0 Å². The Kier molecular flexibility index (Phi) is 3.50. The smallest absolute Gasteiger partial charge is 0.211 e. The second-order valence-electron chi connectivity index (χ2n) is 5.28. The molecule has 1 unspecified atom stereocenters. The second kappa shape index (κ2) is 5.14. The van der Waals surface area contributed by atoms with Gasteiger partial charge < -0.3 is 4.90 Å². The molecule has 2 nitrogen and oxygen atoms in total. The zero-order chi connectivity index (χ0) is 13.4. The third-order valence-electron chi connectivity index (χ3n) is 3.71. The summed E-state index contributed by atoms with van der Waals surface area (Å²) in [6, 6.07) is 5.54. The van der Waals surface area contributed by atoms with Crippen LogP contribution in [0, 0.1) is 5.92 Å². The number of fused-ring (bicyclic) bond motifs is 1. The maximum atomic E-state index is 12.6. The molecular weight excluding hydrogens is 278 g/mol. The van der Waals surface area contributed by atoms with E-state index in [0.717, 1.165) is 28.9 Å². The van der Waals surface area contributed by atoms with Gasteiger partial charge in [-0.25, -0.2) is 0 Å². The Bertz CT molecular complexity index is 667. The summed E-state index contributed by atoms with van der Waals surface area (Å²) in [7, 11) is 0.